The van der Waals surface area contributed by atoms with Crippen LogP contribution in [0, 0.1) is 6.92 Å². The molecule has 1 N–H and O–H groups in total. The molecule has 1 aliphatic heterocycles. The van der Waals surface area contributed by atoms with Gasteiger partial charge in [-0.1, -0.05) is 42.0 Å². The minimum absolute atomic E-state index is 0.122. The molecule has 1 atom stereocenters. The van der Waals surface area contributed by atoms with E-state index in [2.05, 4.69) is 10.3 Å². The van der Waals surface area contributed by atoms with Gasteiger partial charge >= 0.3 is 0 Å². The van der Waals surface area contributed by atoms with E-state index in [1.165, 1.54) is 5.56 Å². The van der Waals surface area contributed by atoms with Gasteiger partial charge in [-0.15, -0.1) is 0 Å². The van der Waals surface area contributed by atoms with Gasteiger partial charge < -0.3 is 14.5 Å². The Kier molecular flexibility index (Phi) is 5.53. The van der Waals surface area contributed by atoms with Crippen LogP contribution in [-0.2, 0) is 4.74 Å². The fourth-order valence-electron chi connectivity index (χ4n) is 3.43. The fraction of sp³-hybridized carbons (Fsp3) is 0.304. The molecule has 0 radical (unpaired) electrons. The quantitative estimate of drug-likeness (QED) is 0.682. The Balaban J connectivity index is 1.49. The summed E-state index contributed by atoms with van der Waals surface area (Å²) in [6, 6.07) is 15.5. The molecule has 5 nitrogen and oxygen atoms in total. The summed E-state index contributed by atoms with van der Waals surface area (Å²) in [4.78, 5) is 17.1. The van der Waals surface area contributed by atoms with Crippen LogP contribution in [0.5, 0.6) is 0 Å². The first-order valence-electron chi connectivity index (χ1n) is 9.73. The van der Waals surface area contributed by atoms with Gasteiger partial charge in [0.1, 0.15) is 0 Å². The van der Waals surface area contributed by atoms with Gasteiger partial charge in [0.25, 0.3) is 5.91 Å². The third-order valence-corrected chi connectivity index (χ3v) is 5.02. The number of benzene rings is 2. The Morgan fingerprint density at radius 2 is 2.00 bits per heavy atom. The second kappa shape index (κ2) is 8.40. The summed E-state index contributed by atoms with van der Waals surface area (Å²) in [5.74, 6) is 1.01. The highest BCUT2D eigenvalue weighted by Crippen LogP contribution is 2.28. The van der Waals surface area contributed by atoms with E-state index >= 15 is 0 Å². The minimum Gasteiger partial charge on any atom is -0.436 e. The molecule has 0 bridgehead atoms. The summed E-state index contributed by atoms with van der Waals surface area (Å²) in [5, 5.41) is 2.99. The number of oxazole rings is 1. The molecular formula is C23H24N2O3. The van der Waals surface area contributed by atoms with Crippen LogP contribution in [0.2, 0.25) is 0 Å². The predicted octanol–water partition coefficient (Wildman–Crippen LogP) is 4.62. The predicted molar refractivity (Wildman–Crippen MR) is 108 cm³/mol. The van der Waals surface area contributed by atoms with Crippen LogP contribution in [-0.4, -0.2) is 30.1 Å². The number of carbonyl (C=O) groups excluding carboxylic acids is 1. The average Bonchev–Trinajstić information content (AvgIpc) is 3.41. The van der Waals surface area contributed by atoms with E-state index in [1.54, 1.807) is 12.3 Å². The lowest BCUT2D eigenvalue weighted by Gasteiger charge is -2.11. The zero-order valence-corrected chi connectivity index (χ0v) is 16.0. The molecule has 0 saturated carbocycles. The van der Waals surface area contributed by atoms with Crippen molar-refractivity contribution in [1.82, 2.24) is 10.3 Å². The first kappa shape index (κ1) is 18.4. The zero-order valence-electron chi connectivity index (χ0n) is 16.0. The number of nitrogens with zero attached hydrogens (tertiary/aromatic N) is 1. The summed E-state index contributed by atoms with van der Waals surface area (Å²) >= 11 is 0. The molecule has 1 unspecified atom stereocenters. The van der Waals surface area contributed by atoms with Gasteiger partial charge in [0.05, 0.1) is 17.9 Å². The largest absolute Gasteiger partial charge is 0.436 e. The number of hydrogen-bond donors (Lipinski definition) is 1. The second-order valence-corrected chi connectivity index (χ2v) is 7.12. The van der Waals surface area contributed by atoms with Crippen molar-refractivity contribution in [3.63, 3.8) is 0 Å². The fourth-order valence-corrected chi connectivity index (χ4v) is 3.43. The molecule has 2 aromatic carbocycles. The number of carbonyl (C=O) groups is 1. The standard InChI is InChI=1S/C23H24N2O3/c1-16-8-10-17(11-9-16)21-15-25-23(28-21)20-7-3-2-6-19(20)22(26)24-13-12-18-5-4-14-27-18/h2-3,6-11,15,18H,4-5,12-14H2,1H3,(H,24,26). The number of ether oxygens (including phenoxy) is 1. The molecule has 1 aliphatic rings. The summed E-state index contributed by atoms with van der Waals surface area (Å²) in [6.07, 6.45) is 4.98. The summed E-state index contributed by atoms with van der Waals surface area (Å²) in [5.41, 5.74) is 3.40. The van der Waals surface area contributed by atoms with Crippen LogP contribution in [0.1, 0.15) is 35.2 Å². The second-order valence-electron chi connectivity index (χ2n) is 7.12. The van der Waals surface area contributed by atoms with Gasteiger partial charge in [-0.2, -0.15) is 0 Å². The Morgan fingerprint density at radius 1 is 1.18 bits per heavy atom. The summed E-state index contributed by atoms with van der Waals surface area (Å²) in [7, 11) is 0. The Morgan fingerprint density at radius 3 is 2.79 bits per heavy atom. The molecule has 2 heterocycles. The lowest BCUT2D eigenvalue weighted by atomic mass is 10.1. The monoisotopic (exact) mass is 376 g/mol. The van der Waals surface area contributed by atoms with Gasteiger partial charge in [-0.05, 0) is 38.3 Å². The Hall–Kier alpha value is -2.92. The number of aryl methyl sites for hydroxylation is 1. The third kappa shape index (κ3) is 4.15. The highest BCUT2D eigenvalue weighted by molar-refractivity contribution is 6.00. The van der Waals surface area contributed by atoms with Crippen molar-refractivity contribution >= 4 is 5.91 Å². The Labute approximate surface area is 164 Å². The van der Waals surface area contributed by atoms with Crippen LogP contribution >= 0.6 is 0 Å². The smallest absolute Gasteiger partial charge is 0.252 e. The van der Waals surface area contributed by atoms with Crippen molar-refractivity contribution in [2.45, 2.75) is 32.3 Å². The number of rotatable bonds is 6. The number of nitrogens with one attached hydrogen (secondary N) is 1. The molecule has 5 heteroatoms. The first-order chi connectivity index (χ1) is 13.7. The highest BCUT2D eigenvalue weighted by Gasteiger charge is 2.18. The van der Waals surface area contributed by atoms with E-state index in [-0.39, 0.29) is 12.0 Å². The van der Waals surface area contributed by atoms with Crippen LogP contribution < -0.4 is 5.32 Å². The number of aromatic nitrogens is 1. The van der Waals surface area contributed by atoms with Crippen LogP contribution in [0.4, 0.5) is 0 Å². The zero-order chi connectivity index (χ0) is 19.3. The van der Waals surface area contributed by atoms with E-state index in [9.17, 15) is 4.79 Å². The molecule has 1 fully saturated rings. The third-order valence-electron chi connectivity index (χ3n) is 5.02. The molecule has 4 rings (SSSR count). The van der Waals surface area contributed by atoms with Crippen molar-refractivity contribution in [2.75, 3.05) is 13.2 Å². The van der Waals surface area contributed by atoms with E-state index in [0.29, 0.717) is 29.3 Å². The van der Waals surface area contributed by atoms with Crippen molar-refractivity contribution in [3.05, 3.63) is 65.9 Å². The maximum absolute atomic E-state index is 12.7. The molecule has 0 aliphatic carbocycles. The molecule has 1 saturated heterocycles. The van der Waals surface area contributed by atoms with Crippen molar-refractivity contribution in [2.24, 2.45) is 0 Å². The minimum atomic E-state index is -0.122. The van der Waals surface area contributed by atoms with Crippen molar-refractivity contribution in [1.29, 1.82) is 0 Å². The Bertz CT molecular complexity index is 940. The van der Waals surface area contributed by atoms with E-state index < -0.39 is 0 Å². The van der Waals surface area contributed by atoms with E-state index in [1.807, 2.05) is 49.4 Å². The van der Waals surface area contributed by atoms with Gasteiger partial charge in [0.15, 0.2) is 5.76 Å². The summed E-state index contributed by atoms with van der Waals surface area (Å²) < 4.78 is 11.6. The molecule has 28 heavy (non-hydrogen) atoms. The lowest BCUT2D eigenvalue weighted by molar-refractivity contribution is 0.0907. The first-order valence-corrected chi connectivity index (χ1v) is 9.73. The van der Waals surface area contributed by atoms with Crippen LogP contribution in [0.25, 0.3) is 22.8 Å². The van der Waals surface area contributed by atoms with Crippen LogP contribution in [0.3, 0.4) is 0 Å². The van der Waals surface area contributed by atoms with Gasteiger partial charge in [-0.25, -0.2) is 4.98 Å². The molecule has 1 amide bonds. The van der Waals surface area contributed by atoms with Crippen molar-refractivity contribution in [3.8, 4) is 22.8 Å². The summed E-state index contributed by atoms with van der Waals surface area (Å²) in [6.45, 7) is 3.47. The molecule has 1 aromatic heterocycles. The topological polar surface area (TPSA) is 64.4 Å². The van der Waals surface area contributed by atoms with Gasteiger partial charge in [0, 0.05) is 24.3 Å². The molecule has 144 valence electrons. The van der Waals surface area contributed by atoms with E-state index in [4.69, 9.17) is 9.15 Å². The van der Waals surface area contributed by atoms with Gasteiger partial charge in [-0.3, -0.25) is 4.79 Å². The molecule has 0 spiro atoms. The molecular weight excluding hydrogens is 352 g/mol. The number of amides is 1. The average molecular weight is 376 g/mol. The van der Waals surface area contributed by atoms with Crippen LogP contribution in [0.15, 0.2) is 59.1 Å². The van der Waals surface area contributed by atoms with Gasteiger partial charge in [0.2, 0.25) is 5.89 Å². The molecule has 3 aromatic rings. The maximum Gasteiger partial charge on any atom is 0.252 e. The van der Waals surface area contributed by atoms with Crippen molar-refractivity contribution < 1.29 is 13.9 Å². The maximum atomic E-state index is 12.7. The highest BCUT2D eigenvalue weighted by atomic mass is 16.5. The lowest BCUT2D eigenvalue weighted by Crippen LogP contribution is -2.27. The van der Waals surface area contributed by atoms with E-state index in [0.717, 1.165) is 31.4 Å². The normalized spacial score (nSPS) is 16.2. The number of hydrogen-bond acceptors (Lipinski definition) is 4. The SMILES string of the molecule is Cc1ccc(-c2cnc(-c3ccccc3C(=O)NCCC3CCCO3)o2)cc1.